The van der Waals surface area contributed by atoms with E-state index in [2.05, 4.69) is 10.3 Å². The van der Waals surface area contributed by atoms with Crippen molar-refractivity contribution in [1.29, 1.82) is 0 Å². The lowest BCUT2D eigenvalue weighted by molar-refractivity contribution is -0.137. The molecular weight excluding hydrogens is 208 g/mol. The Morgan fingerprint density at radius 2 is 2.31 bits per heavy atom. The van der Waals surface area contributed by atoms with Gasteiger partial charge in [0, 0.05) is 18.7 Å². The third-order valence-corrected chi connectivity index (χ3v) is 2.25. The number of hydrogen-bond acceptors (Lipinski definition) is 2. The van der Waals surface area contributed by atoms with Gasteiger partial charge in [0.05, 0.1) is 0 Å². The van der Waals surface area contributed by atoms with Gasteiger partial charge in [-0.1, -0.05) is 0 Å². The van der Waals surface area contributed by atoms with Gasteiger partial charge in [0.15, 0.2) is 0 Å². The van der Waals surface area contributed by atoms with E-state index in [1.54, 1.807) is 18.3 Å². The molecule has 3 N–H and O–H groups in total. The molecule has 1 amide bonds. The average Bonchev–Trinajstić information content (AvgIpc) is 2.69. The van der Waals surface area contributed by atoms with Gasteiger partial charge in [-0.3, -0.25) is 9.59 Å². The van der Waals surface area contributed by atoms with Gasteiger partial charge >= 0.3 is 5.97 Å². The normalized spacial score (nSPS) is 12.1. The zero-order valence-corrected chi connectivity index (χ0v) is 9.19. The molecule has 0 saturated heterocycles. The van der Waals surface area contributed by atoms with Gasteiger partial charge < -0.3 is 15.4 Å². The second-order valence-electron chi connectivity index (χ2n) is 3.74. The van der Waals surface area contributed by atoms with E-state index in [-0.39, 0.29) is 18.4 Å². The smallest absolute Gasteiger partial charge is 0.303 e. The average molecular weight is 224 g/mol. The molecule has 0 aliphatic carbocycles. The summed E-state index contributed by atoms with van der Waals surface area (Å²) in [6.07, 6.45) is 3.06. The fourth-order valence-corrected chi connectivity index (χ4v) is 1.40. The number of H-pyrrole nitrogens is 1. The van der Waals surface area contributed by atoms with Crippen LogP contribution in [0, 0.1) is 0 Å². The number of aliphatic carboxylic acids is 1. The van der Waals surface area contributed by atoms with E-state index in [1.165, 1.54) is 0 Å². The summed E-state index contributed by atoms with van der Waals surface area (Å²) in [7, 11) is 0. The Labute approximate surface area is 93.9 Å². The molecule has 0 aliphatic rings. The van der Waals surface area contributed by atoms with Crippen LogP contribution >= 0.6 is 0 Å². The van der Waals surface area contributed by atoms with Crippen LogP contribution in [0.3, 0.4) is 0 Å². The van der Waals surface area contributed by atoms with Gasteiger partial charge in [-0.25, -0.2) is 0 Å². The highest BCUT2D eigenvalue weighted by atomic mass is 16.4. The maximum Gasteiger partial charge on any atom is 0.303 e. The van der Waals surface area contributed by atoms with Crippen molar-refractivity contribution in [3.8, 4) is 0 Å². The predicted molar refractivity (Wildman–Crippen MR) is 59.2 cm³/mol. The number of rotatable bonds is 6. The van der Waals surface area contributed by atoms with Crippen LogP contribution in [0.15, 0.2) is 18.3 Å². The lowest BCUT2D eigenvalue weighted by Gasteiger charge is -2.12. The standard InChI is InChI=1S/C11H16N2O3/c1-8(4-2-6-10(14)15)13-11(16)9-5-3-7-12-9/h3,5,7-8,12H,2,4,6H2,1H3,(H,13,16)(H,14,15). The van der Waals surface area contributed by atoms with E-state index in [0.717, 1.165) is 0 Å². The molecule has 1 aromatic rings. The highest BCUT2D eigenvalue weighted by Crippen LogP contribution is 2.02. The van der Waals surface area contributed by atoms with Crippen LogP contribution in [0.4, 0.5) is 0 Å². The van der Waals surface area contributed by atoms with Crippen LogP contribution < -0.4 is 5.32 Å². The van der Waals surface area contributed by atoms with Gasteiger partial charge in [-0.2, -0.15) is 0 Å². The molecule has 1 atom stereocenters. The lowest BCUT2D eigenvalue weighted by Crippen LogP contribution is -2.32. The molecule has 1 heterocycles. The summed E-state index contributed by atoms with van der Waals surface area (Å²) < 4.78 is 0. The first-order chi connectivity index (χ1) is 7.59. The van der Waals surface area contributed by atoms with E-state index in [0.29, 0.717) is 18.5 Å². The molecule has 0 aliphatic heterocycles. The van der Waals surface area contributed by atoms with Crippen molar-refractivity contribution < 1.29 is 14.7 Å². The fraction of sp³-hybridized carbons (Fsp3) is 0.455. The van der Waals surface area contributed by atoms with E-state index in [4.69, 9.17) is 5.11 Å². The first-order valence-corrected chi connectivity index (χ1v) is 5.25. The maximum absolute atomic E-state index is 11.6. The van der Waals surface area contributed by atoms with Gasteiger partial charge in [-0.05, 0) is 31.9 Å². The molecule has 0 aromatic carbocycles. The Morgan fingerprint density at radius 3 is 2.88 bits per heavy atom. The summed E-state index contributed by atoms with van der Waals surface area (Å²) in [6, 6.07) is 3.43. The molecule has 5 nitrogen and oxygen atoms in total. The van der Waals surface area contributed by atoms with E-state index < -0.39 is 5.97 Å². The van der Waals surface area contributed by atoms with Crippen LogP contribution in [0.1, 0.15) is 36.7 Å². The molecule has 0 bridgehead atoms. The predicted octanol–water partition coefficient (Wildman–Crippen LogP) is 1.39. The van der Waals surface area contributed by atoms with Crippen LogP contribution in [-0.4, -0.2) is 28.0 Å². The van der Waals surface area contributed by atoms with Crippen molar-refractivity contribution in [2.75, 3.05) is 0 Å². The maximum atomic E-state index is 11.6. The highest BCUT2D eigenvalue weighted by Gasteiger charge is 2.10. The molecule has 0 spiro atoms. The number of carboxylic acids is 1. The van der Waals surface area contributed by atoms with Gasteiger partial charge in [0.25, 0.3) is 5.91 Å². The Bertz CT molecular complexity index is 346. The number of amides is 1. The summed E-state index contributed by atoms with van der Waals surface area (Å²) >= 11 is 0. The molecular formula is C11H16N2O3. The molecule has 1 aromatic heterocycles. The van der Waals surface area contributed by atoms with Crippen LogP contribution in [0.2, 0.25) is 0 Å². The number of carboxylic acid groups (broad SMARTS) is 1. The highest BCUT2D eigenvalue weighted by molar-refractivity contribution is 5.92. The second kappa shape index (κ2) is 5.95. The minimum absolute atomic E-state index is 0.0184. The topological polar surface area (TPSA) is 82.2 Å². The molecule has 5 heteroatoms. The van der Waals surface area contributed by atoms with Gasteiger partial charge in [0.1, 0.15) is 5.69 Å². The molecule has 0 saturated carbocycles. The summed E-state index contributed by atoms with van der Waals surface area (Å²) in [4.78, 5) is 24.7. The van der Waals surface area contributed by atoms with Gasteiger partial charge in [-0.15, -0.1) is 0 Å². The Kier molecular flexibility index (Phi) is 4.57. The van der Waals surface area contributed by atoms with Crippen LogP contribution in [-0.2, 0) is 4.79 Å². The number of aromatic amines is 1. The summed E-state index contributed by atoms with van der Waals surface area (Å²) in [6.45, 7) is 1.86. The Balaban J connectivity index is 2.26. The van der Waals surface area contributed by atoms with E-state index in [9.17, 15) is 9.59 Å². The van der Waals surface area contributed by atoms with E-state index in [1.807, 2.05) is 6.92 Å². The quantitative estimate of drug-likeness (QED) is 0.682. The summed E-state index contributed by atoms with van der Waals surface area (Å²) in [5, 5.41) is 11.3. The Hall–Kier alpha value is -1.78. The van der Waals surface area contributed by atoms with Crippen LogP contribution in [0.5, 0.6) is 0 Å². The zero-order valence-electron chi connectivity index (χ0n) is 9.19. The molecule has 0 radical (unpaired) electrons. The number of aromatic nitrogens is 1. The van der Waals surface area contributed by atoms with Crippen molar-refractivity contribution >= 4 is 11.9 Å². The van der Waals surface area contributed by atoms with Crippen molar-refractivity contribution in [2.24, 2.45) is 0 Å². The molecule has 88 valence electrons. The summed E-state index contributed by atoms with van der Waals surface area (Å²) in [5.74, 6) is -0.962. The number of carbonyl (C=O) groups is 2. The first-order valence-electron chi connectivity index (χ1n) is 5.25. The van der Waals surface area contributed by atoms with Crippen LogP contribution in [0.25, 0.3) is 0 Å². The van der Waals surface area contributed by atoms with Crippen molar-refractivity contribution in [3.63, 3.8) is 0 Å². The largest absolute Gasteiger partial charge is 0.481 e. The Morgan fingerprint density at radius 1 is 1.56 bits per heavy atom. The minimum Gasteiger partial charge on any atom is -0.481 e. The third-order valence-electron chi connectivity index (χ3n) is 2.25. The number of hydrogen-bond donors (Lipinski definition) is 3. The van der Waals surface area contributed by atoms with Crippen molar-refractivity contribution in [1.82, 2.24) is 10.3 Å². The zero-order chi connectivity index (χ0) is 12.0. The van der Waals surface area contributed by atoms with Crippen molar-refractivity contribution in [3.05, 3.63) is 24.0 Å². The SMILES string of the molecule is CC(CCCC(=O)O)NC(=O)c1ccc[nH]1. The molecule has 1 unspecified atom stereocenters. The third kappa shape index (κ3) is 4.16. The lowest BCUT2D eigenvalue weighted by atomic mass is 10.1. The molecule has 1 rings (SSSR count). The van der Waals surface area contributed by atoms with Crippen molar-refractivity contribution in [2.45, 2.75) is 32.2 Å². The number of nitrogens with one attached hydrogen (secondary N) is 2. The summed E-state index contributed by atoms with van der Waals surface area (Å²) in [5.41, 5.74) is 0.519. The fourth-order valence-electron chi connectivity index (χ4n) is 1.40. The first kappa shape index (κ1) is 12.3. The number of carbonyl (C=O) groups excluding carboxylic acids is 1. The monoisotopic (exact) mass is 224 g/mol. The van der Waals surface area contributed by atoms with E-state index >= 15 is 0 Å². The molecule has 16 heavy (non-hydrogen) atoms. The van der Waals surface area contributed by atoms with Gasteiger partial charge in [0.2, 0.25) is 0 Å². The molecule has 0 fully saturated rings. The minimum atomic E-state index is -0.803. The second-order valence-corrected chi connectivity index (χ2v) is 3.74.